The van der Waals surface area contributed by atoms with E-state index in [9.17, 15) is 0 Å². The van der Waals surface area contributed by atoms with Crippen LogP contribution in [0, 0.1) is 0 Å². The van der Waals surface area contributed by atoms with Gasteiger partial charge in [0.25, 0.3) is 7.82 Å². The van der Waals surface area contributed by atoms with Crippen molar-refractivity contribution < 1.29 is 37.1 Å². The van der Waals surface area contributed by atoms with E-state index < -0.39 is 16.6 Å². The Hall–Kier alpha value is -0.643. The topological polar surface area (TPSA) is 112 Å². The summed E-state index contributed by atoms with van der Waals surface area (Å²) in [6.07, 6.45) is 5.04. The fraction of sp³-hybridized carbons (Fsp3) is 0.643. The highest BCUT2D eigenvalue weighted by Gasteiger charge is 2.39. The van der Waals surface area contributed by atoms with Gasteiger partial charge in [0.2, 0.25) is 0 Å². The van der Waals surface area contributed by atoms with Crippen molar-refractivity contribution in [1.29, 1.82) is 0 Å². The molecule has 2 N–H and O–H groups in total. The van der Waals surface area contributed by atoms with E-state index in [1.807, 2.05) is 32.4 Å². The van der Waals surface area contributed by atoms with Crippen LogP contribution in [0.5, 0.6) is 0 Å². The van der Waals surface area contributed by atoms with E-state index in [-0.39, 0.29) is 0 Å². The highest BCUT2D eigenvalue weighted by atomic mass is 31.2. The molecule has 0 amide bonds. The maximum atomic E-state index is 8.77. The molecule has 140 valence electrons. The summed E-state index contributed by atoms with van der Waals surface area (Å²) in [4.78, 5) is 22.9. The highest BCUT2D eigenvalue weighted by molar-refractivity contribution is 7.43. The molecule has 0 unspecified atom stereocenters. The third-order valence-electron chi connectivity index (χ3n) is 2.86. The zero-order valence-corrected chi connectivity index (χ0v) is 16.6. The molecule has 0 spiro atoms. The normalized spacial score (nSPS) is 11.8. The first-order chi connectivity index (χ1) is 11.2. The quantitative estimate of drug-likeness (QED) is 0.365. The fourth-order valence-electron chi connectivity index (χ4n) is 2.00. The second-order valence-corrected chi connectivity index (χ2v) is 8.56. The van der Waals surface area contributed by atoms with Gasteiger partial charge in [-0.2, -0.15) is 0 Å². The second-order valence-electron chi connectivity index (χ2n) is 4.84. The number of hydrogen-bond donors (Lipinski definition) is 2. The lowest BCUT2D eigenvalue weighted by Gasteiger charge is -2.28. The van der Waals surface area contributed by atoms with E-state index in [2.05, 4.69) is 24.5 Å². The Morgan fingerprint density at radius 1 is 1.08 bits per heavy atom. The first-order valence-corrected chi connectivity index (χ1v) is 11.2. The van der Waals surface area contributed by atoms with Gasteiger partial charge in [-0.25, -0.2) is 4.57 Å². The SMILES string of the molecule is CCO[Si](CCc1cc[n+](C)cc1)(OCC)OCC.O=P([O-])(O)O. The van der Waals surface area contributed by atoms with E-state index in [0.717, 1.165) is 12.5 Å². The Labute approximate surface area is 144 Å². The number of hydrogen-bond acceptors (Lipinski definition) is 5. The van der Waals surface area contributed by atoms with Gasteiger partial charge < -0.3 is 28.0 Å². The van der Waals surface area contributed by atoms with E-state index in [4.69, 9.17) is 32.5 Å². The molecule has 10 heteroatoms. The number of aromatic nitrogens is 1. The molecule has 1 aromatic rings. The standard InChI is InChI=1S/C14H26NO3Si.H3O4P/c1-5-16-19(17-6-2,18-7-3)13-10-14-8-11-15(4)12-9-14;1-5(2,3)4/h8-9,11-12H,5-7,10,13H2,1-4H3;(H3,1,2,3,4)/q+1;/p-1. The van der Waals surface area contributed by atoms with E-state index in [0.29, 0.717) is 19.8 Å². The summed E-state index contributed by atoms with van der Waals surface area (Å²) in [5.74, 6) is 0. The Balaban J connectivity index is 0.000000922. The van der Waals surface area contributed by atoms with Gasteiger partial charge in [-0.1, -0.05) is 0 Å². The van der Waals surface area contributed by atoms with E-state index in [1.54, 1.807) is 0 Å². The maximum Gasteiger partial charge on any atom is 0.501 e. The van der Waals surface area contributed by atoms with Crippen molar-refractivity contribution in [1.82, 2.24) is 0 Å². The number of rotatable bonds is 9. The predicted molar refractivity (Wildman–Crippen MR) is 88.8 cm³/mol. The fourth-order valence-corrected chi connectivity index (χ4v) is 4.59. The third kappa shape index (κ3) is 11.8. The van der Waals surface area contributed by atoms with Gasteiger partial charge in [0.05, 0.1) is 0 Å². The van der Waals surface area contributed by atoms with Gasteiger partial charge in [0, 0.05) is 38.0 Å². The van der Waals surface area contributed by atoms with Gasteiger partial charge in [-0.05, 0) is 32.8 Å². The molecule has 0 atom stereocenters. The molecular weight excluding hydrogens is 353 g/mol. The van der Waals surface area contributed by atoms with Crippen LogP contribution in [0.3, 0.4) is 0 Å². The second kappa shape index (κ2) is 11.8. The lowest BCUT2D eigenvalue weighted by Crippen LogP contribution is -2.46. The van der Waals surface area contributed by atoms with Crippen LogP contribution in [0.2, 0.25) is 6.04 Å². The average molecular weight is 381 g/mol. The monoisotopic (exact) mass is 381 g/mol. The molecule has 1 rings (SSSR count). The summed E-state index contributed by atoms with van der Waals surface area (Å²) in [6.45, 7) is 7.87. The number of nitrogens with zero attached hydrogens (tertiary/aromatic N) is 1. The van der Waals surface area contributed by atoms with Gasteiger partial charge in [0.15, 0.2) is 12.4 Å². The smallest absolute Gasteiger partial charge is 0.501 e. The van der Waals surface area contributed by atoms with Crippen LogP contribution >= 0.6 is 7.82 Å². The Morgan fingerprint density at radius 3 is 1.79 bits per heavy atom. The minimum absolute atomic E-state index is 0.635. The molecule has 1 heterocycles. The summed E-state index contributed by atoms with van der Waals surface area (Å²) in [6, 6.07) is 5.09. The van der Waals surface area contributed by atoms with E-state index >= 15 is 0 Å². The van der Waals surface area contributed by atoms with Crippen molar-refractivity contribution in [2.45, 2.75) is 33.2 Å². The third-order valence-corrected chi connectivity index (χ3v) is 5.91. The minimum atomic E-state index is -4.89. The molecule has 1 aromatic heterocycles. The minimum Gasteiger partial charge on any atom is -0.756 e. The van der Waals surface area contributed by atoms with Crippen LogP contribution in [0.1, 0.15) is 26.3 Å². The largest absolute Gasteiger partial charge is 0.756 e. The molecule has 24 heavy (non-hydrogen) atoms. The van der Waals surface area contributed by atoms with Gasteiger partial charge in [-0.3, -0.25) is 4.57 Å². The first-order valence-electron chi connectivity index (χ1n) is 7.78. The van der Waals surface area contributed by atoms with Gasteiger partial charge in [-0.15, -0.1) is 0 Å². The summed E-state index contributed by atoms with van der Waals surface area (Å²) >= 11 is 0. The molecule has 0 bridgehead atoms. The van der Waals surface area contributed by atoms with Crippen LogP contribution in [-0.2, 0) is 31.3 Å². The van der Waals surface area contributed by atoms with Crippen LogP contribution in [0.15, 0.2) is 24.5 Å². The van der Waals surface area contributed by atoms with Crippen molar-refractivity contribution in [3.63, 3.8) is 0 Å². The van der Waals surface area contributed by atoms with Crippen LogP contribution in [0.4, 0.5) is 0 Å². The van der Waals surface area contributed by atoms with Crippen LogP contribution in [0.25, 0.3) is 0 Å². The number of phosphoric acid groups is 1. The van der Waals surface area contributed by atoms with Crippen molar-refractivity contribution in [3.8, 4) is 0 Å². The molecule has 0 saturated carbocycles. The van der Waals surface area contributed by atoms with Crippen molar-refractivity contribution in [2.24, 2.45) is 7.05 Å². The lowest BCUT2D eigenvalue weighted by molar-refractivity contribution is -0.671. The molecule has 0 aliphatic carbocycles. The number of pyridine rings is 1. The van der Waals surface area contributed by atoms with Gasteiger partial charge in [0.1, 0.15) is 7.05 Å². The molecule has 0 saturated heterocycles. The molecule has 0 fully saturated rings. The zero-order valence-electron chi connectivity index (χ0n) is 14.7. The maximum absolute atomic E-state index is 8.77. The Bertz CT molecular complexity index is 469. The zero-order chi connectivity index (χ0) is 18.6. The molecule has 0 aliphatic rings. The van der Waals surface area contributed by atoms with Crippen LogP contribution in [-0.4, -0.2) is 38.4 Å². The number of aryl methyl sites for hydroxylation is 2. The van der Waals surface area contributed by atoms with E-state index in [1.165, 1.54) is 5.56 Å². The summed E-state index contributed by atoms with van der Waals surface area (Å²) in [5, 5.41) is 0. The first kappa shape index (κ1) is 23.4. The van der Waals surface area contributed by atoms with Crippen molar-refractivity contribution >= 4 is 16.6 Å². The molecule has 0 aliphatic heterocycles. The molecule has 0 radical (unpaired) electrons. The summed E-state index contributed by atoms with van der Waals surface area (Å²) in [5.41, 5.74) is 1.29. The van der Waals surface area contributed by atoms with Crippen molar-refractivity contribution in [3.05, 3.63) is 30.1 Å². The Morgan fingerprint density at radius 2 is 1.46 bits per heavy atom. The lowest BCUT2D eigenvalue weighted by atomic mass is 10.2. The molecule has 0 aromatic carbocycles. The van der Waals surface area contributed by atoms with Crippen molar-refractivity contribution in [2.75, 3.05) is 19.8 Å². The summed E-state index contributed by atoms with van der Waals surface area (Å²) in [7, 11) is -5.37. The summed E-state index contributed by atoms with van der Waals surface area (Å²) < 4.78 is 28.3. The highest BCUT2D eigenvalue weighted by Crippen LogP contribution is 2.19. The Kier molecular flexibility index (Phi) is 11.5. The molecule has 8 nitrogen and oxygen atoms in total. The molecular formula is C14H28NO7PSi. The predicted octanol–water partition coefficient (Wildman–Crippen LogP) is 0.541. The average Bonchev–Trinajstić information content (AvgIpc) is 2.46. The van der Waals surface area contributed by atoms with Crippen LogP contribution < -0.4 is 9.46 Å². The van der Waals surface area contributed by atoms with Gasteiger partial charge >= 0.3 is 8.80 Å².